The molecule has 1 heterocycles. The summed E-state index contributed by atoms with van der Waals surface area (Å²) in [5, 5.41) is 18.0. The zero-order chi connectivity index (χ0) is 19.8. The number of esters is 2. The van der Waals surface area contributed by atoms with E-state index in [2.05, 4.69) is 10.2 Å². The van der Waals surface area contributed by atoms with Crippen LogP contribution in [0.1, 0.15) is 13.8 Å². The van der Waals surface area contributed by atoms with Gasteiger partial charge in [-0.2, -0.15) is 0 Å². The van der Waals surface area contributed by atoms with Crippen LogP contribution in [-0.2, 0) is 19.1 Å². The zero-order valence-corrected chi connectivity index (χ0v) is 15.5. The molecule has 0 radical (unpaired) electrons. The van der Waals surface area contributed by atoms with Gasteiger partial charge in [-0.25, -0.2) is 0 Å². The van der Waals surface area contributed by atoms with Gasteiger partial charge in [-0.1, -0.05) is 23.9 Å². The highest BCUT2D eigenvalue weighted by atomic mass is 32.2. The summed E-state index contributed by atoms with van der Waals surface area (Å²) in [4.78, 5) is 34.4. The van der Waals surface area contributed by atoms with Gasteiger partial charge >= 0.3 is 11.9 Å². The molecule has 142 valence electrons. The highest BCUT2D eigenvalue weighted by molar-refractivity contribution is 8.01. The summed E-state index contributed by atoms with van der Waals surface area (Å²) in [6, 6.07) is 9.15. The van der Waals surface area contributed by atoms with Gasteiger partial charge < -0.3 is 9.47 Å². The predicted octanol–water partition coefficient (Wildman–Crippen LogP) is 2.64. The number of ether oxygens (including phenoxy) is 2. The molecule has 2 rings (SSSR count). The predicted molar refractivity (Wildman–Crippen MR) is 97.0 cm³/mol. The topological polar surface area (TPSA) is 122 Å². The minimum atomic E-state index is -1.21. The number of aromatic nitrogens is 2. The summed E-state index contributed by atoms with van der Waals surface area (Å²) in [5.74, 6) is -1.43. The molecule has 0 amide bonds. The van der Waals surface area contributed by atoms with Crippen LogP contribution in [0.15, 0.2) is 41.4 Å². The Morgan fingerprint density at radius 3 is 2.30 bits per heavy atom. The minimum absolute atomic E-state index is 0.0579. The van der Waals surface area contributed by atoms with Gasteiger partial charge in [0, 0.05) is 17.7 Å². The van der Waals surface area contributed by atoms with Gasteiger partial charge in [0.15, 0.2) is 0 Å². The maximum Gasteiger partial charge on any atom is 0.331 e. The monoisotopic (exact) mass is 391 g/mol. The SMILES string of the molecule is CCOC(=O)C(Sc1ccc(-c2cccc([N+](=O)[O-])c2)nn1)C(=O)OCC. The molecule has 9 nitrogen and oxygen atoms in total. The van der Waals surface area contributed by atoms with Gasteiger partial charge in [-0.3, -0.25) is 19.7 Å². The first-order valence-electron chi connectivity index (χ1n) is 8.04. The third-order valence-electron chi connectivity index (χ3n) is 3.23. The maximum absolute atomic E-state index is 12.0. The first kappa shape index (κ1) is 20.3. The molecule has 0 unspecified atom stereocenters. The fourth-order valence-corrected chi connectivity index (χ4v) is 2.87. The van der Waals surface area contributed by atoms with Crippen LogP contribution in [-0.4, -0.2) is 45.5 Å². The molecule has 2 aromatic rings. The van der Waals surface area contributed by atoms with Gasteiger partial charge in [0.2, 0.25) is 5.25 Å². The molecule has 0 bridgehead atoms. The molecule has 0 N–H and O–H groups in total. The molecular formula is C17H17N3O6S. The second kappa shape index (κ2) is 9.62. The fourth-order valence-electron chi connectivity index (χ4n) is 2.06. The van der Waals surface area contributed by atoms with Crippen LogP contribution in [0.3, 0.4) is 0 Å². The van der Waals surface area contributed by atoms with Gasteiger partial charge in [0.25, 0.3) is 5.69 Å². The van der Waals surface area contributed by atoms with Crippen molar-refractivity contribution in [1.29, 1.82) is 0 Å². The van der Waals surface area contributed by atoms with Gasteiger partial charge in [0.1, 0.15) is 5.03 Å². The molecule has 27 heavy (non-hydrogen) atoms. The number of rotatable bonds is 8. The molecule has 0 atom stereocenters. The molecule has 0 aliphatic rings. The molecule has 0 aliphatic heterocycles. The van der Waals surface area contributed by atoms with Gasteiger partial charge in [-0.15, -0.1) is 10.2 Å². The number of benzene rings is 1. The first-order valence-corrected chi connectivity index (χ1v) is 8.92. The van der Waals surface area contributed by atoms with Crippen LogP contribution in [0.2, 0.25) is 0 Å². The zero-order valence-electron chi connectivity index (χ0n) is 14.7. The number of carbonyl (C=O) groups excluding carboxylic acids is 2. The van der Waals surface area contributed by atoms with E-state index in [1.165, 1.54) is 12.1 Å². The second-order valence-electron chi connectivity index (χ2n) is 5.07. The highest BCUT2D eigenvalue weighted by Crippen LogP contribution is 2.26. The van der Waals surface area contributed by atoms with Crippen molar-refractivity contribution in [3.05, 3.63) is 46.5 Å². The molecule has 0 fully saturated rings. The molecule has 10 heteroatoms. The van der Waals surface area contributed by atoms with Crippen LogP contribution in [0.4, 0.5) is 5.69 Å². The summed E-state index contributed by atoms with van der Waals surface area (Å²) >= 11 is 0.866. The normalized spacial score (nSPS) is 10.5. The number of nitro benzene ring substituents is 1. The van der Waals surface area contributed by atoms with Crippen molar-refractivity contribution in [3.63, 3.8) is 0 Å². The summed E-state index contributed by atoms with van der Waals surface area (Å²) < 4.78 is 9.80. The number of carbonyl (C=O) groups is 2. The van der Waals surface area contributed by atoms with Crippen molar-refractivity contribution in [3.8, 4) is 11.3 Å². The quantitative estimate of drug-likeness (QED) is 0.220. The lowest BCUT2D eigenvalue weighted by Crippen LogP contribution is -2.31. The Morgan fingerprint density at radius 1 is 1.11 bits per heavy atom. The van der Waals surface area contributed by atoms with Crippen LogP contribution in [0.25, 0.3) is 11.3 Å². The molecule has 0 spiro atoms. The summed E-state index contributed by atoms with van der Waals surface area (Å²) in [7, 11) is 0. The Kier molecular flexibility index (Phi) is 7.24. The van der Waals surface area contributed by atoms with Crippen molar-refractivity contribution >= 4 is 29.4 Å². The Bertz CT molecular complexity index is 810. The van der Waals surface area contributed by atoms with Crippen LogP contribution < -0.4 is 0 Å². The summed E-state index contributed by atoms with van der Waals surface area (Å²) in [5.41, 5.74) is 0.893. The minimum Gasteiger partial charge on any atom is -0.465 e. The van der Waals surface area contributed by atoms with Gasteiger partial charge in [-0.05, 0) is 26.0 Å². The fraction of sp³-hybridized carbons (Fsp3) is 0.294. The molecular weight excluding hydrogens is 374 g/mol. The van der Waals surface area contributed by atoms with E-state index in [4.69, 9.17) is 9.47 Å². The Labute approximate surface area is 159 Å². The van der Waals surface area contributed by atoms with Crippen molar-refractivity contribution in [2.45, 2.75) is 24.1 Å². The standard InChI is InChI=1S/C17H17N3O6S/c1-3-25-16(21)15(17(22)26-4-2)27-14-9-8-13(18-19-14)11-6-5-7-12(10-11)20(23)24/h5-10,15H,3-4H2,1-2H3. The number of thioether (sulfide) groups is 1. The van der Waals surface area contributed by atoms with E-state index in [1.54, 1.807) is 38.1 Å². The smallest absolute Gasteiger partial charge is 0.331 e. The third-order valence-corrected chi connectivity index (χ3v) is 4.31. The lowest BCUT2D eigenvalue weighted by Gasteiger charge is -2.13. The van der Waals surface area contributed by atoms with E-state index >= 15 is 0 Å². The van der Waals surface area contributed by atoms with E-state index in [1.807, 2.05) is 0 Å². The number of nitrogens with zero attached hydrogens (tertiary/aromatic N) is 3. The van der Waals surface area contributed by atoms with Crippen LogP contribution in [0.5, 0.6) is 0 Å². The van der Waals surface area contributed by atoms with Gasteiger partial charge in [0.05, 0.1) is 23.8 Å². The van der Waals surface area contributed by atoms with E-state index in [0.717, 1.165) is 11.8 Å². The Balaban J connectivity index is 2.19. The average Bonchev–Trinajstić information content (AvgIpc) is 2.67. The van der Waals surface area contributed by atoms with E-state index in [0.29, 0.717) is 16.3 Å². The lowest BCUT2D eigenvalue weighted by molar-refractivity contribution is -0.384. The maximum atomic E-state index is 12.0. The largest absolute Gasteiger partial charge is 0.465 e. The van der Waals surface area contributed by atoms with E-state index in [9.17, 15) is 19.7 Å². The first-order chi connectivity index (χ1) is 13.0. The third kappa shape index (κ3) is 5.48. The van der Waals surface area contributed by atoms with E-state index in [-0.39, 0.29) is 18.9 Å². The Morgan fingerprint density at radius 2 is 1.78 bits per heavy atom. The van der Waals surface area contributed by atoms with Crippen molar-refractivity contribution in [2.24, 2.45) is 0 Å². The van der Waals surface area contributed by atoms with Crippen molar-refractivity contribution in [2.75, 3.05) is 13.2 Å². The molecule has 1 aromatic carbocycles. The molecule has 0 aliphatic carbocycles. The molecule has 0 saturated carbocycles. The lowest BCUT2D eigenvalue weighted by atomic mass is 10.1. The molecule has 1 aromatic heterocycles. The Hall–Kier alpha value is -3.01. The van der Waals surface area contributed by atoms with Crippen molar-refractivity contribution in [1.82, 2.24) is 10.2 Å². The summed E-state index contributed by atoms with van der Waals surface area (Å²) in [6.07, 6.45) is 0. The van der Waals surface area contributed by atoms with E-state index < -0.39 is 22.1 Å². The number of hydrogen-bond acceptors (Lipinski definition) is 9. The number of non-ortho nitro benzene ring substituents is 1. The van der Waals surface area contributed by atoms with Crippen molar-refractivity contribution < 1.29 is 24.0 Å². The average molecular weight is 391 g/mol. The highest BCUT2D eigenvalue weighted by Gasteiger charge is 2.31. The molecule has 0 saturated heterocycles. The summed E-state index contributed by atoms with van der Waals surface area (Å²) in [6.45, 7) is 3.54. The second-order valence-corrected chi connectivity index (χ2v) is 6.19. The number of nitro groups is 1. The number of hydrogen-bond donors (Lipinski definition) is 0. The van der Waals surface area contributed by atoms with Crippen LogP contribution in [0, 0.1) is 10.1 Å². The van der Waals surface area contributed by atoms with Crippen LogP contribution >= 0.6 is 11.8 Å².